The maximum atomic E-state index is 12.4. The molecule has 0 aromatic heterocycles. The van der Waals surface area contributed by atoms with E-state index in [1.165, 1.54) is 5.56 Å². The van der Waals surface area contributed by atoms with E-state index in [1.807, 2.05) is 12.1 Å². The summed E-state index contributed by atoms with van der Waals surface area (Å²) in [5, 5.41) is 11.8. The minimum atomic E-state index is -0.0715. The van der Waals surface area contributed by atoms with Gasteiger partial charge in [0.2, 0.25) is 0 Å². The molecule has 0 aliphatic carbocycles. The molecular formula is C23H28N4O. The van der Waals surface area contributed by atoms with Crippen molar-refractivity contribution < 1.29 is 4.79 Å². The first-order chi connectivity index (χ1) is 13.7. The third-order valence-corrected chi connectivity index (χ3v) is 5.26. The highest BCUT2D eigenvalue weighted by Crippen LogP contribution is 2.24. The molecule has 146 valence electrons. The monoisotopic (exact) mass is 376 g/mol. The topological polar surface area (TPSA) is 59.4 Å². The Kier molecular flexibility index (Phi) is 7.18. The summed E-state index contributed by atoms with van der Waals surface area (Å²) in [5.74, 6) is -0.0715. The van der Waals surface area contributed by atoms with Crippen LogP contribution in [0.2, 0.25) is 0 Å². The summed E-state index contributed by atoms with van der Waals surface area (Å²) in [6.45, 7) is 4.75. The molecule has 2 aromatic carbocycles. The third-order valence-electron chi connectivity index (χ3n) is 5.26. The van der Waals surface area contributed by atoms with Gasteiger partial charge in [-0.2, -0.15) is 5.26 Å². The van der Waals surface area contributed by atoms with Gasteiger partial charge in [0.15, 0.2) is 0 Å². The van der Waals surface area contributed by atoms with E-state index in [4.69, 9.17) is 5.26 Å². The molecule has 1 saturated heterocycles. The summed E-state index contributed by atoms with van der Waals surface area (Å²) in [6, 6.07) is 20.5. The molecule has 3 rings (SSSR count). The minimum Gasteiger partial charge on any atom is -0.352 e. The molecule has 1 amide bonds. The molecule has 5 nitrogen and oxygen atoms in total. The molecule has 5 heteroatoms. The number of amides is 1. The van der Waals surface area contributed by atoms with Crippen LogP contribution in [0.25, 0.3) is 0 Å². The average molecular weight is 377 g/mol. The summed E-state index contributed by atoms with van der Waals surface area (Å²) >= 11 is 0. The Morgan fingerprint density at radius 2 is 2.00 bits per heavy atom. The van der Waals surface area contributed by atoms with Gasteiger partial charge in [0.05, 0.1) is 12.5 Å². The van der Waals surface area contributed by atoms with Gasteiger partial charge in [-0.05, 0) is 36.7 Å². The van der Waals surface area contributed by atoms with Crippen LogP contribution in [0.3, 0.4) is 0 Å². The first-order valence-electron chi connectivity index (χ1n) is 9.89. The normalized spacial score (nSPS) is 17.8. The Balaban J connectivity index is 1.50. The number of hydrogen-bond acceptors (Lipinski definition) is 4. The first-order valence-corrected chi connectivity index (χ1v) is 9.89. The number of carbonyl (C=O) groups excluding carboxylic acids is 1. The van der Waals surface area contributed by atoms with E-state index in [1.54, 1.807) is 12.1 Å². The van der Waals surface area contributed by atoms with Gasteiger partial charge in [-0.3, -0.25) is 9.69 Å². The van der Waals surface area contributed by atoms with Crippen LogP contribution in [0.15, 0.2) is 54.6 Å². The lowest BCUT2D eigenvalue weighted by Gasteiger charge is -2.40. The zero-order chi connectivity index (χ0) is 19.8. The fraction of sp³-hybridized carbons (Fsp3) is 0.391. The van der Waals surface area contributed by atoms with Crippen molar-refractivity contribution in [3.05, 3.63) is 71.3 Å². The predicted molar refractivity (Wildman–Crippen MR) is 111 cm³/mol. The largest absolute Gasteiger partial charge is 0.352 e. The van der Waals surface area contributed by atoms with Crippen LogP contribution >= 0.6 is 0 Å². The maximum absolute atomic E-state index is 12.4. The summed E-state index contributed by atoms with van der Waals surface area (Å²) in [4.78, 5) is 17.3. The van der Waals surface area contributed by atoms with Crippen LogP contribution in [0.5, 0.6) is 0 Å². The van der Waals surface area contributed by atoms with Crippen LogP contribution < -0.4 is 5.32 Å². The lowest BCUT2D eigenvalue weighted by molar-refractivity contribution is 0.0865. The van der Waals surface area contributed by atoms with Crippen molar-refractivity contribution >= 4 is 5.91 Å². The molecule has 0 radical (unpaired) electrons. The Bertz CT molecular complexity index is 815. The number of rotatable bonds is 7. The number of nitrogens with one attached hydrogen (secondary N) is 1. The number of nitriles is 1. The molecule has 1 aliphatic rings. The maximum Gasteiger partial charge on any atom is 0.251 e. The van der Waals surface area contributed by atoms with Crippen molar-refractivity contribution in [1.82, 2.24) is 15.1 Å². The Morgan fingerprint density at radius 1 is 1.18 bits per heavy atom. The Morgan fingerprint density at radius 3 is 2.79 bits per heavy atom. The minimum absolute atomic E-state index is 0.0715. The van der Waals surface area contributed by atoms with Gasteiger partial charge in [-0.25, -0.2) is 0 Å². The van der Waals surface area contributed by atoms with Crippen molar-refractivity contribution in [2.45, 2.75) is 18.9 Å². The van der Waals surface area contributed by atoms with E-state index in [-0.39, 0.29) is 5.91 Å². The van der Waals surface area contributed by atoms with Crippen molar-refractivity contribution in [2.24, 2.45) is 0 Å². The average Bonchev–Trinajstić information content (AvgIpc) is 2.73. The standard InChI is InChI=1S/C23H28N4O/c1-26-15-16-27(22(18-26)20-8-3-2-4-9-20)14-6-13-25-23(28)21-10-5-7-19(17-21)11-12-24/h2-5,7-10,17,22H,6,11,13-16,18H2,1H3,(H,25,28). The van der Waals surface area contributed by atoms with E-state index < -0.39 is 0 Å². The van der Waals surface area contributed by atoms with Gasteiger partial charge in [-0.15, -0.1) is 0 Å². The van der Waals surface area contributed by atoms with Crippen LogP contribution in [0, 0.1) is 11.3 Å². The lowest BCUT2D eigenvalue weighted by Crippen LogP contribution is -2.47. The molecule has 1 aliphatic heterocycles. The Labute approximate surface area is 167 Å². The second kappa shape index (κ2) is 10.0. The van der Waals surface area contributed by atoms with E-state index in [0.717, 1.165) is 38.2 Å². The fourth-order valence-corrected chi connectivity index (χ4v) is 3.72. The summed E-state index contributed by atoms with van der Waals surface area (Å²) < 4.78 is 0. The Hall–Kier alpha value is -2.68. The van der Waals surface area contributed by atoms with Crippen molar-refractivity contribution in [2.75, 3.05) is 39.8 Å². The van der Waals surface area contributed by atoms with Gasteiger partial charge >= 0.3 is 0 Å². The van der Waals surface area contributed by atoms with E-state index >= 15 is 0 Å². The van der Waals surface area contributed by atoms with E-state index in [0.29, 0.717) is 24.6 Å². The smallest absolute Gasteiger partial charge is 0.251 e. The molecule has 1 unspecified atom stereocenters. The number of benzene rings is 2. The number of likely N-dealkylation sites (N-methyl/N-ethyl adjacent to an activating group) is 1. The number of carbonyl (C=O) groups is 1. The highest BCUT2D eigenvalue weighted by Gasteiger charge is 2.25. The molecule has 0 bridgehead atoms. The lowest BCUT2D eigenvalue weighted by atomic mass is 10.0. The molecule has 0 spiro atoms. The number of hydrogen-bond donors (Lipinski definition) is 1. The number of nitrogens with zero attached hydrogens (tertiary/aromatic N) is 3. The van der Waals surface area contributed by atoms with Gasteiger partial charge in [0, 0.05) is 44.3 Å². The molecule has 28 heavy (non-hydrogen) atoms. The zero-order valence-electron chi connectivity index (χ0n) is 16.5. The fourth-order valence-electron chi connectivity index (χ4n) is 3.72. The summed E-state index contributed by atoms with van der Waals surface area (Å²) in [7, 11) is 2.17. The van der Waals surface area contributed by atoms with Crippen LogP contribution in [0.4, 0.5) is 0 Å². The zero-order valence-corrected chi connectivity index (χ0v) is 16.5. The van der Waals surface area contributed by atoms with Gasteiger partial charge in [-0.1, -0.05) is 42.5 Å². The predicted octanol–water partition coefficient (Wildman–Crippen LogP) is 2.86. The molecule has 1 N–H and O–H groups in total. The van der Waals surface area contributed by atoms with Gasteiger partial charge < -0.3 is 10.2 Å². The molecule has 1 fully saturated rings. The van der Waals surface area contributed by atoms with Crippen molar-refractivity contribution in [3.63, 3.8) is 0 Å². The van der Waals surface area contributed by atoms with Crippen molar-refractivity contribution in [3.8, 4) is 6.07 Å². The number of piperazine rings is 1. The molecule has 1 atom stereocenters. The first kappa shape index (κ1) is 20.1. The van der Waals surface area contributed by atoms with E-state index in [2.05, 4.69) is 58.6 Å². The van der Waals surface area contributed by atoms with Crippen LogP contribution in [-0.4, -0.2) is 55.5 Å². The third kappa shape index (κ3) is 5.41. The van der Waals surface area contributed by atoms with E-state index in [9.17, 15) is 4.79 Å². The summed E-state index contributed by atoms with van der Waals surface area (Å²) in [5.41, 5.74) is 2.85. The molecule has 0 saturated carbocycles. The van der Waals surface area contributed by atoms with Gasteiger partial charge in [0.1, 0.15) is 0 Å². The molecular weight excluding hydrogens is 348 g/mol. The van der Waals surface area contributed by atoms with Gasteiger partial charge in [0.25, 0.3) is 5.91 Å². The molecule has 2 aromatic rings. The van der Waals surface area contributed by atoms with Crippen LogP contribution in [0.1, 0.15) is 33.9 Å². The second-order valence-corrected chi connectivity index (χ2v) is 7.37. The SMILES string of the molecule is CN1CCN(CCCNC(=O)c2cccc(CC#N)c2)C(c2ccccc2)C1. The quantitative estimate of drug-likeness (QED) is 0.755. The molecule has 1 heterocycles. The second-order valence-electron chi connectivity index (χ2n) is 7.37. The van der Waals surface area contributed by atoms with Crippen molar-refractivity contribution in [1.29, 1.82) is 5.26 Å². The summed E-state index contributed by atoms with van der Waals surface area (Å²) in [6.07, 6.45) is 1.24. The highest BCUT2D eigenvalue weighted by atomic mass is 16.1. The highest BCUT2D eigenvalue weighted by molar-refractivity contribution is 5.94. The van der Waals surface area contributed by atoms with Crippen LogP contribution in [-0.2, 0) is 6.42 Å².